The fourth-order valence-electron chi connectivity index (χ4n) is 3.03. The molecule has 1 N–H and O–H groups in total. The van der Waals surface area contributed by atoms with Gasteiger partial charge in [0.25, 0.3) is 0 Å². The molecule has 0 spiro atoms. The summed E-state index contributed by atoms with van der Waals surface area (Å²) in [5.74, 6) is 0.113. The fraction of sp³-hybridized carbons (Fsp3) is 0.786. The summed E-state index contributed by atoms with van der Waals surface area (Å²) >= 11 is 0. The van der Waals surface area contributed by atoms with Gasteiger partial charge in [-0.25, -0.2) is 0 Å². The summed E-state index contributed by atoms with van der Waals surface area (Å²) in [5.41, 5.74) is 0. The van der Waals surface area contributed by atoms with Crippen LogP contribution in [0.15, 0.2) is 4.52 Å². The number of aromatic nitrogens is 2. The molecule has 0 aliphatic heterocycles. The van der Waals surface area contributed by atoms with E-state index in [-0.39, 0.29) is 17.9 Å². The molecule has 0 saturated heterocycles. The molecule has 0 amide bonds. The minimum Gasteiger partial charge on any atom is -0.481 e. The molecule has 112 valence electrons. The third kappa shape index (κ3) is 2.85. The Kier molecular flexibility index (Phi) is 4.42. The Labute approximate surface area is 118 Å². The maximum absolute atomic E-state index is 11.3. The van der Waals surface area contributed by atoms with E-state index in [1.54, 1.807) is 7.11 Å². The topological polar surface area (TPSA) is 85.5 Å². The van der Waals surface area contributed by atoms with Gasteiger partial charge in [-0.2, -0.15) is 4.98 Å². The number of hydrogen-bond acceptors (Lipinski definition) is 5. The van der Waals surface area contributed by atoms with Gasteiger partial charge in [-0.15, -0.1) is 0 Å². The van der Waals surface area contributed by atoms with E-state index in [1.165, 1.54) is 0 Å². The van der Waals surface area contributed by atoms with Crippen molar-refractivity contribution in [1.82, 2.24) is 10.1 Å². The van der Waals surface area contributed by atoms with Crippen molar-refractivity contribution < 1.29 is 19.2 Å². The second-order valence-electron chi connectivity index (χ2n) is 6.02. The summed E-state index contributed by atoms with van der Waals surface area (Å²) in [6.45, 7) is 6.09. The van der Waals surface area contributed by atoms with Gasteiger partial charge in [0.15, 0.2) is 0 Å². The summed E-state index contributed by atoms with van der Waals surface area (Å²) in [6.07, 6.45) is 1.21. The van der Waals surface area contributed by atoms with E-state index in [0.29, 0.717) is 24.1 Å². The SMILES string of the molecule is COC(c1noc(C2CC(C)CC2C(=O)O)n1)C(C)C. The Morgan fingerprint density at radius 3 is 2.70 bits per heavy atom. The first-order chi connectivity index (χ1) is 9.43. The minimum absolute atomic E-state index is 0.187. The van der Waals surface area contributed by atoms with Gasteiger partial charge in [-0.3, -0.25) is 4.79 Å². The lowest BCUT2D eigenvalue weighted by molar-refractivity contribution is -0.142. The lowest BCUT2D eigenvalue weighted by Crippen LogP contribution is -2.17. The van der Waals surface area contributed by atoms with Crippen molar-refractivity contribution in [2.75, 3.05) is 7.11 Å². The number of carbonyl (C=O) groups is 1. The van der Waals surface area contributed by atoms with Crippen molar-refractivity contribution in [2.45, 2.75) is 45.6 Å². The first-order valence-corrected chi connectivity index (χ1v) is 7.03. The van der Waals surface area contributed by atoms with Gasteiger partial charge >= 0.3 is 5.97 Å². The van der Waals surface area contributed by atoms with Gasteiger partial charge < -0.3 is 14.4 Å². The molecule has 0 radical (unpaired) electrons. The summed E-state index contributed by atoms with van der Waals surface area (Å²) in [4.78, 5) is 15.7. The highest BCUT2D eigenvalue weighted by Gasteiger charge is 2.41. The second kappa shape index (κ2) is 5.91. The molecular formula is C14H22N2O4. The van der Waals surface area contributed by atoms with Crippen LogP contribution >= 0.6 is 0 Å². The van der Waals surface area contributed by atoms with Crippen molar-refractivity contribution in [2.24, 2.45) is 17.8 Å². The third-order valence-electron chi connectivity index (χ3n) is 4.00. The molecule has 1 saturated carbocycles. The number of aliphatic carboxylic acids is 1. The minimum atomic E-state index is -0.786. The molecular weight excluding hydrogens is 260 g/mol. The molecule has 1 aliphatic carbocycles. The smallest absolute Gasteiger partial charge is 0.307 e. The number of ether oxygens (including phenoxy) is 1. The first-order valence-electron chi connectivity index (χ1n) is 7.03. The maximum atomic E-state index is 11.3. The first kappa shape index (κ1) is 15.0. The van der Waals surface area contributed by atoms with Gasteiger partial charge in [0.1, 0.15) is 6.10 Å². The van der Waals surface area contributed by atoms with Crippen LogP contribution in [0.2, 0.25) is 0 Å². The van der Waals surface area contributed by atoms with Gasteiger partial charge in [0.2, 0.25) is 11.7 Å². The van der Waals surface area contributed by atoms with E-state index in [4.69, 9.17) is 9.26 Å². The second-order valence-corrected chi connectivity index (χ2v) is 6.02. The van der Waals surface area contributed by atoms with E-state index < -0.39 is 11.9 Å². The molecule has 6 heteroatoms. The Morgan fingerprint density at radius 2 is 2.15 bits per heavy atom. The lowest BCUT2D eigenvalue weighted by atomic mass is 9.96. The highest BCUT2D eigenvalue weighted by Crippen LogP contribution is 2.42. The average molecular weight is 282 g/mol. The summed E-state index contributed by atoms with van der Waals surface area (Å²) in [5, 5.41) is 13.3. The standard InChI is InChI=1S/C14H22N2O4/c1-7(2)11(19-4)12-15-13(20-16-12)9-5-8(3)6-10(9)14(17)18/h7-11H,5-6H2,1-4H3,(H,17,18). The maximum Gasteiger partial charge on any atom is 0.307 e. The van der Waals surface area contributed by atoms with Crippen molar-refractivity contribution in [1.29, 1.82) is 0 Å². The van der Waals surface area contributed by atoms with Crippen LogP contribution in [-0.2, 0) is 9.53 Å². The van der Waals surface area contributed by atoms with E-state index in [1.807, 2.05) is 13.8 Å². The quantitative estimate of drug-likeness (QED) is 0.893. The Hall–Kier alpha value is -1.43. The zero-order valence-electron chi connectivity index (χ0n) is 12.4. The van der Waals surface area contributed by atoms with Crippen LogP contribution in [0.4, 0.5) is 0 Å². The van der Waals surface area contributed by atoms with E-state index in [9.17, 15) is 9.90 Å². The summed E-state index contributed by atoms with van der Waals surface area (Å²) < 4.78 is 10.7. The molecule has 1 fully saturated rings. The predicted octanol–water partition coefficient (Wildman–Crippen LogP) is 2.63. The largest absolute Gasteiger partial charge is 0.481 e. The molecule has 20 heavy (non-hydrogen) atoms. The molecule has 1 aliphatic rings. The number of carboxylic acids is 1. The van der Waals surface area contributed by atoms with Crippen LogP contribution < -0.4 is 0 Å². The Balaban J connectivity index is 2.21. The van der Waals surface area contributed by atoms with Gasteiger partial charge in [-0.05, 0) is 24.7 Å². The van der Waals surface area contributed by atoms with Crippen molar-refractivity contribution in [3.8, 4) is 0 Å². The van der Waals surface area contributed by atoms with Gasteiger partial charge in [0.05, 0.1) is 11.8 Å². The Bertz CT molecular complexity index is 471. The number of nitrogens with zero attached hydrogens (tertiary/aromatic N) is 2. The van der Waals surface area contributed by atoms with Crippen LogP contribution in [0.5, 0.6) is 0 Å². The molecule has 1 aromatic rings. The Morgan fingerprint density at radius 1 is 1.45 bits per heavy atom. The molecule has 2 rings (SSSR count). The fourth-order valence-corrected chi connectivity index (χ4v) is 3.03. The van der Waals surface area contributed by atoms with Crippen LogP contribution in [0.25, 0.3) is 0 Å². The lowest BCUT2D eigenvalue weighted by Gasteiger charge is -2.14. The third-order valence-corrected chi connectivity index (χ3v) is 4.00. The van der Waals surface area contributed by atoms with Crippen molar-refractivity contribution in [3.63, 3.8) is 0 Å². The van der Waals surface area contributed by atoms with E-state index in [2.05, 4.69) is 17.1 Å². The molecule has 0 aromatic carbocycles. The number of rotatable bonds is 5. The highest BCUT2D eigenvalue weighted by atomic mass is 16.5. The number of carboxylic acid groups (broad SMARTS) is 1. The van der Waals surface area contributed by atoms with Gasteiger partial charge in [0, 0.05) is 7.11 Å². The number of methoxy groups -OCH3 is 1. The van der Waals surface area contributed by atoms with Crippen LogP contribution in [0, 0.1) is 17.8 Å². The zero-order valence-corrected chi connectivity index (χ0v) is 12.4. The average Bonchev–Trinajstić information content (AvgIpc) is 2.96. The molecule has 4 unspecified atom stereocenters. The molecule has 1 aromatic heterocycles. The van der Waals surface area contributed by atoms with E-state index >= 15 is 0 Å². The predicted molar refractivity (Wildman–Crippen MR) is 71.2 cm³/mol. The molecule has 0 bridgehead atoms. The van der Waals surface area contributed by atoms with Gasteiger partial charge in [-0.1, -0.05) is 25.9 Å². The van der Waals surface area contributed by atoms with Crippen LogP contribution in [-0.4, -0.2) is 28.3 Å². The van der Waals surface area contributed by atoms with E-state index in [0.717, 1.165) is 6.42 Å². The monoisotopic (exact) mass is 282 g/mol. The number of hydrogen-bond donors (Lipinski definition) is 1. The normalized spacial score (nSPS) is 27.9. The molecule has 1 heterocycles. The molecule has 6 nitrogen and oxygen atoms in total. The van der Waals surface area contributed by atoms with Crippen molar-refractivity contribution >= 4 is 5.97 Å². The summed E-state index contributed by atoms with van der Waals surface area (Å²) in [6, 6.07) is 0. The van der Waals surface area contributed by atoms with Crippen molar-refractivity contribution in [3.05, 3.63) is 11.7 Å². The molecule has 4 atom stereocenters. The van der Waals surface area contributed by atoms with Crippen LogP contribution in [0.3, 0.4) is 0 Å². The zero-order chi connectivity index (χ0) is 14.9. The highest BCUT2D eigenvalue weighted by molar-refractivity contribution is 5.71. The summed E-state index contributed by atoms with van der Waals surface area (Å²) in [7, 11) is 1.61. The van der Waals surface area contributed by atoms with Crippen LogP contribution in [0.1, 0.15) is 57.3 Å².